The number of nitrogens with zero attached hydrogens (tertiary/aromatic N) is 5. The van der Waals surface area contributed by atoms with E-state index in [-0.39, 0.29) is 5.92 Å². The fraction of sp³-hybridized carbons (Fsp3) is 0.0345. The summed E-state index contributed by atoms with van der Waals surface area (Å²) in [5.41, 5.74) is 16.9. The van der Waals surface area contributed by atoms with Crippen LogP contribution in [-0.4, -0.2) is 24.5 Å². The van der Waals surface area contributed by atoms with Gasteiger partial charge < -0.3 is 4.57 Å². The first-order valence-electron chi connectivity index (χ1n) is 21.5. The van der Waals surface area contributed by atoms with Crippen molar-refractivity contribution in [2.75, 3.05) is 0 Å². The Hall–Kier alpha value is -8.28. The second kappa shape index (κ2) is 15.3. The summed E-state index contributed by atoms with van der Waals surface area (Å²) in [6, 6.07) is 70.6. The summed E-state index contributed by atoms with van der Waals surface area (Å²) in [6.07, 6.45) is 7.40. The highest BCUT2D eigenvalue weighted by Crippen LogP contribution is 2.41. The lowest BCUT2D eigenvalue weighted by atomic mass is 9.84. The maximum absolute atomic E-state index is 5.36. The Morgan fingerprint density at radius 1 is 0.444 bits per heavy atom. The zero-order valence-electron chi connectivity index (χ0n) is 34.3. The molecule has 0 spiro atoms. The molecule has 12 rings (SSSR count). The van der Waals surface area contributed by atoms with Crippen molar-refractivity contribution in [3.63, 3.8) is 0 Å². The number of para-hydroxylation sites is 2. The van der Waals surface area contributed by atoms with Crippen LogP contribution >= 0.6 is 0 Å². The lowest BCUT2D eigenvalue weighted by molar-refractivity contribution is 0.825. The molecule has 0 saturated carbocycles. The van der Waals surface area contributed by atoms with Crippen LogP contribution < -0.4 is 0 Å². The van der Waals surface area contributed by atoms with Crippen LogP contribution in [-0.2, 0) is 6.42 Å². The van der Waals surface area contributed by atoms with E-state index in [0.29, 0.717) is 5.82 Å². The van der Waals surface area contributed by atoms with Crippen LogP contribution in [0.3, 0.4) is 0 Å². The predicted molar refractivity (Wildman–Crippen MR) is 259 cm³/mol. The van der Waals surface area contributed by atoms with E-state index in [0.717, 1.165) is 78.8 Å². The predicted octanol–water partition coefficient (Wildman–Crippen LogP) is 14.2. The van der Waals surface area contributed by atoms with Crippen molar-refractivity contribution in [2.24, 2.45) is 0 Å². The van der Waals surface area contributed by atoms with Crippen molar-refractivity contribution >= 4 is 38.8 Å². The van der Waals surface area contributed by atoms with Crippen LogP contribution in [0.25, 0.3) is 101 Å². The highest BCUT2D eigenvalue weighted by Gasteiger charge is 2.25. The third-order valence-electron chi connectivity index (χ3n) is 12.4. The van der Waals surface area contributed by atoms with Crippen molar-refractivity contribution in [3.8, 4) is 62.0 Å². The Labute approximate surface area is 365 Å². The van der Waals surface area contributed by atoms with Gasteiger partial charge in [0.1, 0.15) is 0 Å². The highest BCUT2D eigenvalue weighted by atomic mass is 15.0. The minimum atomic E-state index is 0.106. The molecule has 1 unspecified atom stereocenters. The topological polar surface area (TPSA) is 56.5 Å². The monoisotopic (exact) mass is 805 g/mol. The van der Waals surface area contributed by atoms with Crippen LogP contribution in [0, 0.1) is 0 Å². The van der Waals surface area contributed by atoms with E-state index >= 15 is 0 Å². The summed E-state index contributed by atoms with van der Waals surface area (Å²) in [4.78, 5) is 20.7. The van der Waals surface area contributed by atoms with Crippen molar-refractivity contribution < 1.29 is 0 Å². The molecule has 0 N–H and O–H groups in total. The Kier molecular flexibility index (Phi) is 8.89. The molecule has 63 heavy (non-hydrogen) atoms. The number of pyridine rings is 2. The molecule has 0 amide bonds. The number of aromatic nitrogens is 5. The summed E-state index contributed by atoms with van der Waals surface area (Å²) in [5, 5.41) is 3.41. The van der Waals surface area contributed by atoms with Gasteiger partial charge in [0.05, 0.1) is 33.6 Å². The van der Waals surface area contributed by atoms with Gasteiger partial charge in [-0.25, -0.2) is 15.0 Å². The standard InChI is InChI=1S/C58H39N5/c1-4-13-38(14-5-1)39-22-24-40(25-23-39)52-37-53(62-58(61-52)43-15-6-2-7-16-43)47-34-45(33-46(35-47)51-30-28-42-27-26-41-17-12-32-59-56(41)57(42)60-51)44-29-31-55-50(36-44)49-20-10-11-21-54(49)63(55)48-18-8-3-9-19-48/h1-35,37,44H,36H2. The first-order chi connectivity index (χ1) is 31.2. The molecule has 1 aliphatic rings. The summed E-state index contributed by atoms with van der Waals surface area (Å²) in [6.45, 7) is 0. The lowest BCUT2D eigenvalue weighted by Crippen LogP contribution is -2.08. The summed E-state index contributed by atoms with van der Waals surface area (Å²) < 4.78 is 2.40. The number of hydrogen-bond donors (Lipinski definition) is 0. The van der Waals surface area contributed by atoms with Gasteiger partial charge >= 0.3 is 0 Å². The lowest BCUT2D eigenvalue weighted by Gasteiger charge is -2.21. The van der Waals surface area contributed by atoms with Gasteiger partial charge in [0, 0.05) is 61.9 Å². The first-order valence-corrected chi connectivity index (χ1v) is 21.5. The van der Waals surface area contributed by atoms with Crippen LogP contribution in [0.1, 0.15) is 22.7 Å². The third-order valence-corrected chi connectivity index (χ3v) is 12.4. The Morgan fingerprint density at radius 3 is 1.84 bits per heavy atom. The molecular weight excluding hydrogens is 767 g/mol. The largest absolute Gasteiger partial charge is 0.310 e. The number of hydrogen-bond acceptors (Lipinski definition) is 4. The molecule has 5 heteroatoms. The molecule has 1 atom stereocenters. The van der Waals surface area contributed by atoms with E-state index in [2.05, 4.69) is 187 Å². The SMILES string of the molecule is C1=CC(c2cc(-c3cc(-c4ccc(-c5ccccc5)cc4)nc(-c4ccccc4)n3)cc(-c3ccc4ccc5cccnc5c4n3)c2)Cc2c1n(-c1ccccc1)c1ccccc21. The summed E-state index contributed by atoms with van der Waals surface area (Å²) in [5.74, 6) is 0.786. The third kappa shape index (κ3) is 6.68. The molecule has 0 saturated heterocycles. The van der Waals surface area contributed by atoms with E-state index in [9.17, 15) is 0 Å². The van der Waals surface area contributed by atoms with Gasteiger partial charge in [0.2, 0.25) is 0 Å². The van der Waals surface area contributed by atoms with Crippen molar-refractivity contribution in [1.29, 1.82) is 0 Å². The normalized spacial score (nSPS) is 13.4. The zero-order valence-corrected chi connectivity index (χ0v) is 34.3. The van der Waals surface area contributed by atoms with Gasteiger partial charge in [-0.15, -0.1) is 0 Å². The molecule has 4 aromatic heterocycles. The molecule has 0 fully saturated rings. The summed E-state index contributed by atoms with van der Waals surface area (Å²) in [7, 11) is 0. The molecular formula is C58H39N5. The van der Waals surface area contributed by atoms with Gasteiger partial charge in [0.25, 0.3) is 0 Å². The second-order valence-corrected chi connectivity index (χ2v) is 16.2. The Morgan fingerprint density at radius 2 is 1.06 bits per heavy atom. The van der Waals surface area contributed by atoms with E-state index in [4.69, 9.17) is 19.9 Å². The molecule has 1 aliphatic carbocycles. The molecule has 4 heterocycles. The highest BCUT2D eigenvalue weighted by molar-refractivity contribution is 6.03. The average molecular weight is 806 g/mol. The number of fused-ring (bicyclic) bond motifs is 6. The maximum atomic E-state index is 5.36. The van der Waals surface area contributed by atoms with E-state index in [1.54, 1.807) is 0 Å². The summed E-state index contributed by atoms with van der Waals surface area (Å²) >= 11 is 0. The Balaban J connectivity index is 1.04. The molecule has 5 nitrogen and oxygen atoms in total. The van der Waals surface area contributed by atoms with Crippen LogP contribution in [0.4, 0.5) is 0 Å². The molecule has 11 aromatic rings. The van der Waals surface area contributed by atoms with E-state index in [1.807, 2.05) is 36.5 Å². The molecule has 0 radical (unpaired) electrons. The van der Waals surface area contributed by atoms with Gasteiger partial charge in [-0.2, -0.15) is 0 Å². The van der Waals surface area contributed by atoms with Gasteiger partial charge in [-0.1, -0.05) is 152 Å². The van der Waals surface area contributed by atoms with Crippen molar-refractivity contribution in [1.82, 2.24) is 24.5 Å². The van der Waals surface area contributed by atoms with E-state index in [1.165, 1.54) is 33.3 Å². The zero-order chi connectivity index (χ0) is 41.7. The van der Waals surface area contributed by atoms with Crippen molar-refractivity contribution in [2.45, 2.75) is 12.3 Å². The van der Waals surface area contributed by atoms with Crippen LogP contribution in [0.15, 0.2) is 212 Å². The molecule has 7 aromatic carbocycles. The van der Waals surface area contributed by atoms with Gasteiger partial charge in [0.15, 0.2) is 5.82 Å². The fourth-order valence-electron chi connectivity index (χ4n) is 9.26. The minimum absolute atomic E-state index is 0.106. The number of allylic oxidation sites excluding steroid dienone is 1. The molecule has 0 aliphatic heterocycles. The average Bonchev–Trinajstić information content (AvgIpc) is 3.70. The quantitative estimate of drug-likeness (QED) is 0.151. The van der Waals surface area contributed by atoms with Crippen molar-refractivity contribution in [3.05, 3.63) is 229 Å². The second-order valence-electron chi connectivity index (χ2n) is 16.2. The molecule has 0 bridgehead atoms. The van der Waals surface area contributed by atoms with Gasteiger partial charge in [-0.05, 0) is 89.3 Å². The smallest absolute Gasteiger partial charge is 0.160 e. The van der Waals surface area contributed by atoms with Crippen LogP contribution in [0.5, 0.6) is 0 Å². The Bertz CT molecular complexity index is 3520. The first kappa shape index (κ1) is 36.6. The van der Waals surface area contributed by atoms with E-state index < -0.39 is 0 Å². The minimum Gasteiger partial charge on any atom is -0.310 e. The maximum Gasteiger partial charge on any atom is 0.160 e. The fourth-order valence-corrected chi connectivity index (χ4v) is 9.26. The number of benzene rings is 7. The van der Waals surface area contributed by atoms with Crippen LogP contribution in [0.2, 0.25) is 0 Å². The number of rotatable bonds is 7. The molecule has 296 valence electrons. The van der Waals surface area contributed by atoms with Gasteiger partial charge in [-0.3, -0.25) is 4.98 Å².